The van der Waals surface area contributed by atoms with E-state index in [0.717, 1.165) is 0 Å². The highest BCUT2D eigenvalue weighted by Gasteiger charge is 2.23. The van der Waals surface area contributed by atoms with Crippen molar-refractivity contribution in [2.75, 3.05) is 0 Å². The molecule has 0 radical (unpaired) electrons. The number of nitrogens with zero attached hydrogens (tertiary/aromatic N) is 4. The topological polar surface area (TPSA) is 147 Å². The number of amides is 2. The lowest BCUT2D eigenvalue weighted by atomic mass is 10.1. The van der Waals surface area contributed by atoms with Crippen LogP contribution in [0.25, 0.3) is 22.5 Å². The van der Waals surface area contributed by atoms with E-state index in [2.05, 4.69) is 30.2 Å². The number of carbonyl (C=O) groups is 1. The minimum absolute atomic E-state index is 0.129. The second-order valence-corrected chi connectivity index (χ2v) is 6.22. The van der Waals surface area contributed by atoms with Gasteiger partial charge in [-0.25, -0.2) is 4.79 Å². The maximum Gasteiger partial charge on any atom is 0.315 e. The van der Waals surface area contributed by atoms with Gasteiger partial charge in [0.1, 0.15) is 0 Å². The van der Waals surface area contributed by atoms with Gasteiger partial charge in [0.2, 0.25) is 11.4 Å². The highest BCUT2D eigenvalue weighted by Crippen LogP contribution is 2.19. The summed E-state index contributed by atoms with van der Waals surface area (Å²) in [6, 6.07) is 17.3. The van der Waals surface area contributed by atoms with E-state index in [1.54, 1.807) is 48.5 Å². The number of hydrogen-bond donors (Lipinski definition) is 2. The van der Waals surface area contributed by atoms with Crippen molar-refractivity contribution in [1.29, 1.82) is 0 Å². The fourth-order valence-electron chi connectivity index (χ4n) is 2.85. The fourth-order valence-corrected chi connectivity index (χ4v) is 2.85. The van der Waals surface area contributed by atoms with Crippen LogP contribution in [0.3, 0.4) is 0 Å². The first-order valence-electron chi connectivity index (χ1n) is 8.93. The van der Waals surface area contributed by atoms with Gasteiger partial charge in [-0.2, -0.15) is 0 Å². The summed E-state index contributed by atoms with van der Waals surface area (Å²) >= 11 is 0. The van der Waals surface area contributed by atoms with E-state index in [4.69, 9.17) is 0 Å². The molecule has 4 aromatic rings. The molecular weight excluding hydrogens is 392 g/mol. The number of urea groups is 1. The van der Waals surface area contributed by atoms with Crippen molar-refractivity contribution in [1.82, 2.24) is 20.9 Å². The molecule has 0 unspecified atom stereocenters. The molecule has 2 N–H and O–H groups in total. The smallest absolute Gasteiger partial charge is 0.315 e. The quantitative estimate of drug-likeness (QED) is 0.457. The summed E-state index contributed by atoms with van der Waals surface area (Å²) in [5.74, 6) is 0. The molecule has 0 saturated carbocycles. The van der Waals surface area contributed by atoms with E-state index in [1.807, 2.05) is 12.1 Å². The molecule has 2 heterocycles. The molecule has 2 aromatic heterocycles. The third kappa shape index (κ3) is 3.90. The van der Waals surface area contributed by atoms with Crippen LogP contribution in [0, 0.1) is 10.4 Å². The van der Waals surface area contributed by atoms with Crippen LogP contribution in [0.1, 0.15) is 11.4 Å². The second kappa shape index (κ2) is 8.31. The lowest BCUT2D eigenvalue weighted by Gasteiger charge is -2.06. The molecule has 11 heteroatoms. The van der Waals surface area contributed by atoms with E-state index >= 15 is 0 Å². The molecule has 0 saturated heterocycles. The van der Waals surface area contributed by atoms with Crippen LogP contribution in [0.4, 0.5) is 4.79 Å². The van der Waals surface area contributed by atoms with Crippen molar-refractivity contribution in [3.63, 3.8) is 0 Å². The summed E-state index contributed by atoms with van der Waals surface area (Å²) < 4.78 is 9.31. The van der Waals surface area contributed by atoms with Crippen LogP contribution in [-0.2, 0) is 13.1 Å². The molecular formula is C19H16N6O5. The summed E-state index contributed by atoms with van der Waals surface area (Å²) in [4.78, 5) is 12.7. The zero-order chi connectivity index (χ0) is 20.9. The van der Waals surface area contributed by atoms with Crippen molar-refractivity contribution < 1.29 is 23.9 Å². The van der Waals surface area contributed by atoms with Gasteiger partial charge >= 0.3 is 6.03 Å². The SMILES string of the molecule is O=C(NCc1c(-c2ccccc2)no[n+]1[O-])NCc1c(-c2ccccc2)no[n+]1[O-]. The molecule has 0 aliphatic rings. The Kier molecular flexibility index (Phi) is 5.24. The Morgan fingerprint density at radius 2 is 1.17 bits per heavy atom. The van der Waals surface area contributed by atoms with Crippen molar-refractivity contribution >= 4 is 6.03 Å². The molecule has 0 bridgehead atoms. The van der Waals surface area contributed by atoms with Gasteiger partial charge in [-0.3, -0.25) is 9.26 Å². The fraction of sp³-hybridized carbons (Fsp3) is 0.105. The normalized spacial score (nSPS) is 10.7. The van der Waals surface area contributed by atoms with Crippen LogP contribution < -0.4 is 20.4 Å². The number of rotatable bonds is 6. The number of benzene rings is 2. The van der Waals surface area contributed by atoms with E-state index in [0.29, 0.717) is 22.5 Å². The van der Waals surface area contributed by atoms with Gasteiger partial charge in [0, 0.05) is 21.4 Å². The maximum absolute atomic E-state index is 12.2. The first-order valence-corrected chi connectivity index (χ1v) is 8.93. The van der Waals surface area contributed by atoms with E-state index in [1.165, 1.54) is 0 Å². The molecule has 152 valence electrons. The summed E-state index contributed by atoms with van der Waals surface area (Å²) in [6.45, 7) is -0.259. The Morgan fingerprint density at radius 1 is 0.767 bits per heavy atom. The summed E-state index contributed by atoms with van der Waals surface area (Å²) in [5, 5.41) is 36.3. The Balaban J connectivity index is 1.41. The van der Waals surface area contributed by atoms with Crippen LogP contribution >= 0.6 is 0 Å². The van der Waals surface area contributed by atoms with Crippen LogP contribution in [0.2, 0.25) is 0 Å². The minimum atomic E-state index is -0.601. The zero-order valence-corrected chi connectivity index (χ0v) is 15.5. The van der Waals surface area contributed by atoms with Crippen LogP contribution in [0.5, 0.6) is 0 Å². The zero-order valence-electron chi connectivity index (χ0n) is 15.5. The summed E-state index contributed by atoms with van der Waals surface area (Å²) in [6.07, 6.45) is 0. The van der Waals surface area contributed by atoms with Gasteiger partial charge in [0.15, 0.2) is 0 Å². The Morgan fingerprint density at radius 3 is 1.57 bits per heavy atom. The highest BCUT2D eigenvalue weighted by molar-refractivity contribution is 5.74. The van der Waals surface area contributed by atoms with Gasteiger partial charge in [0.25, 0.3) is 11.4 Å². The van der Waals surface area contributed by atoms with Gasteiger partial charge in [-0.15, -0.1) is 0 Å². The third-order valence-corrected chi connectivity index (χ3v) is 4.33. The second-order valence-electron chi connectivity index (χ2n) is 6.22. The molecule has 0 aliphatic carbocycles. The van der Waals surface area contributed by atoms with Gasteiger partial charge in [0.05, 0.1) is 13.1 Å². The molecule has 0 spiro atoms. The molecule has 4 rings (SSSR count). The molecule has 0 fully saturated rings. The molecule has 2 aromatic carbocycles. The summed E-state index contributed by atoms with van der Waals surface area (Å²) in [7, 11) is 0. The first-order chi connectivity index (χ1) is 14.6. The van der Waals surface area contributed by atoms with Crippen molar-refractivity contribution in [2.45, 2.75) is 13.1 Å². The van der Waals surface area contributed by atoms with Crippen molar-refractivity contribution in [3.05, 3.63) is 82.5 Å². The van der Waals surface area contributed by atoms with Gasteiger partial charge in [-0.1, -0.05) is 60.7 Å². The third-order valence-electron chi connectivity index (χ3n) is 4.33. The van der Waals surface area contributed by atoms with Gasteiger partial charge in [-0.05, 0) is 9.81 Å². The summed E-state index contributed by atoms with van der Waals surface area (Å²) in [5.41, 5.74) is 2.30. The first kappa shape index (κ1) is 18.9. The lowest BCUT2D eigenvalue weighted by molar-refractivity contribution is -0.808. The van der Waals surface area contributed by atoms with Crippen LogP contribution in [0.15, 0.2) is 69.9 Å². The highest BCUT2D eigenvalue weighted by atomic mass is 16.8. The predicted octanol–water partition coefficient (Wildman–Crippen LogP) is 1.26. The Labute approximate surface area is 169 Å². The average molecular weight is 408 g/mol. The van der Waals surface area contributed by atoms with E-state index in [9.17, 15) is 15.2 Å². The minimum Gasteiger partial charge on any atom is -0.359 e. The number of hydrogen-bond acceptors (Lipinski definition) is 7. The number of nitrogens with one attached hydrogen (secondary N) is 2. The van der Waals surface area contributed by atoms with Crippen LogP contribution in [-0.4, -0.2) is 16.3 Å². The average Bonchev–Trinajstić information content (AvgIpc) is 3.34. The Bertz CT molecular complexity index is 1050. The standard InChI is InChI=1S/C19H16N6O5/c26-19(20-11-15-17(22-29-24(15)27)13-7-3-1-4-8-13)21-12-16-18(23-30-25(16)28)14-9-5-2-6-10-14/h1-10H,11-12H2,(H2,20,21,26). The maximum atomic E-state index is 12.2. The lowest BCUT2D eigenvalue weighted by Crippen LogP contribution is -2.40. The van der Waals surface area contributed by atoms with Crippen molar-refractivity contribution in [3.8, 4) is 22.5 Å². The predicted molar refractivity (Wildman–Crippen MR) is 101 cm³/mol. The molecule has 0 aliphatic heterocycles. The molecule has 11 nitrogen and oxygen atoms in total. The Hall–Kier alpha value is -4.41. The van der Waals surface area contributed by atoms with Gasteiger partial charge < -0.3 is 21.0 Å². The number of carbonyl (C=O) groups excluding carboxylic acids is 1. The largest absolute Gasteiger partial charge is 0.359 e. The van der Waals surface area contributed by atoms with E-state index in [-0.39, 0.29) is 34.3 Å². The van der Waals surface area contributed by atoms with Crippen molar-refractivity contribution in [2.24, 2.45) is 0 Å². The molecule has 0 atom stereocenters. The molecule has 30 heavy (non-hydrogen) atoms. The number of aromatic nitrogens is 4. The monoisotopic (exact) mass is 408 g/mol. The molecule has 2 amide bonds. The van der Waals surface area contributed by atoms with E-state index < -0.39 is 6.03 Å².